The van der Waals surface area contributed by atoms with Gasteiger partial charge in [0.05, 0.1) is 17.3 Å². The summed E-state index contributed by atoms with van der Waals surface area (Å²) in [5.41, 5.74) is 10.6. The van der Waals surface area contributed by atoms with Crippen molar-refractivity contribution < 1.29 is 14.7 Å². The van der Waals surface area contributed by atoms with Crippen LogP contribution in [0.5, 0.6) is 0 Å². The largest absolute Gasteiger partial charge is 0.465 e. The Morgan fingerprint density at radius 3 is 2.42 bits per heavy atom. The summed E-state index contributed by atoms with van der Waals surface area (Å²) in [5, 5.41) is 17.1. The van der Waals surface area contributed by atoms with Crippen LogP contribution in [0.3, 0.4) is 0 Å². The summed E-state index contributed by atoms with van der Waals surface area (Å²) in [6, 6.07) is 9.59. The van der Waals surface area contributed by atoms with Gasteiger partial charge in [-0.25, -0.2) is 9.78 Å². The van der Waals surface area contributed by atoms with Crippen LogP contribution < -0.4 is 11.1 Å². The number of amides is 2. The molecule has 2 aromatic heterocycles. The van der Waals surface area contributed by atoms with Gasteiger partial charge < -0.3 is 21.1 Å². The van der Waals surface area contributed by atoms with Gasteiger partial charge in [-0.15, -0.1) is 0 Å². The average molecular weight is 491 g/mol. The normalized spacial score (nSPS) is 14.6. The van der Waals surface area contributed by atoms with Crippen LogP contribution in [0, 0.1) is 0 Å². The lowest BCUT2D eigenvalue weighted by Crippen LogP contribution is -2.38. The molecule has 1 aliphatic rings. The number of rotatable bonds is 5. The second-order valence-electron chi connectivity index (χ2n) is 10.3. The van der Waals surface area contributed by atoms with Crippen LogP contribution in [0.15, 0.2) is 42.7 Å². The van der Waals surface area contributed by atoms with Gasteiger partial charge in [-0.1, -0.05) is 39.8 Å². The number of pyridine rings is 1. The molecule has 4 N–H and O–H groups in total. The highest BCUT2D eigenvalue weighted by Gasteiger charge is 2.29. The Bertz CT molecular complexity index is 1250. The number of aryl methyl sites for hydroxylation is 1. The molecule has 3 heterocycles. The average Bonchev–Trinajstić information content (AvgIpc) is 3.31. The van der Waals surface area contributed by atoms with Crippen LogP contribution in [0.1, 0.15) is 68.2 Å². The SMILES string of the molecule is CCc1ccc(NC(=O)c2cc(-c3cn(C4CCN(C(=O)O)CC4)nc3C(C)(C)C)cnc2N)cc1. The minimum atomic E-state index is -0.884. The maximum Gasteiger partial charge on any atom is 0.407 e. The molecule has 1 fully saturated rings. The number of benzene rings is 1. The topological polar surface area (TPSA) is 126 Å². The van der Waals surface area contributed by atoms with E-state index < -0.39 is 6.09 Å². The number of piperidine rings is 1. The van der Waals surface area contributed by atoms with Crippen LogP contribution >= 0.6 is 0 Å². The smallest absolute Gasteiger partial charge is 0.407 e. The fourth-order valence-electron chi connectivity index (χ4n) is 4.49. The third-order valence-electron chi connectivity index (χ3n) is 6.65. The molecule has 9 heteroatoms. The first-order chi connectivity index (χ1) is 17.1. The van der Waals surface area contributed by atoms with E-state index in [4.69, 9.17) is 10.8 Å². The summed E-state index contributed by atoms with van der Waals surface area (Å²) in [4.78, 5) is 30.1. The van der Waals surface area contributed by atoms with Gasteiger partial charge >= 0.3 is 6.09 Å². The Morgan fingerprint density at radius 1 is 1.17 bits per heavy atom. The lowest BCUT2D eigenvalue weighted by Gasteiger charge is -2.30. The molecule has 0 bridgehead atoms. The number of nitrogens with one attached hydrogen (secondary N) is 1. The maximum absolute atomic E-state index is 13.1. The second kappa shape index (κ2) is 10.0. The van der Waals surface area contributed by atoms with Gasteiger partial charge in [0.25, 0.3) is 5.91 Å². The van der Waals surface area contributed by atoms with Crippen molar-refractivity contribution in [2.24, 2.45) is 0 Å². The van der Waals surface area contributed by atoms with Gasteiger partial charge in [-0.05, 0) is 43.0 Å². The molecule has 0 spiro atoms. The lowest BCUT2D eigenvalue weighted by atomic mass is 9.87. The summed E-state index contributed by atoms with van der Waals surface area (Å²) in [6.07, 6.45) is 5.09. The Morgan fingerprint density at radius 2 is 1.83 bits per heavy atom. The van der Waals surface area contributed by atoms with Gasteiger partial charge in [-0.2, -0.15) is 5.10 Å². The van der Waals surface area contributed by atoms with E-state index in [-0.39, 0.29) is 23.2 Å². The van der Waals surface area contributed by atoms with Crippen LogP contribution in [0.25, 0.3) is 11.1 Å². The molecule has 4 rings (SSSR count). The van der Waals surface area contributed by atoms with Crippen molar-refractivity contribution in [3.05, 3.63) is 59.5 Å². The van der Waals surface area contributed by atoms with Gasteiger partial charge in [-0.3, -0.25) is 9.48 Å². The van der Waals surface area contributed by atoms with E-state index in [9.17, 15) is 14.7 Å². The quantitative estimate of drug-likeness (QED) is 0.464. The van der Waals surface area contributed by atoms with Crippen LogP contribution in [-0.4, -0.2) is 49.9 Å². The third kappa shape index (κ3) is 5.35. The lowest BCUT2D eigenvalue weighted by molar-refractivity contribution is 0.102. The maximum atomic E-state index is 13.1. The number of hydrogen-bond acceptors (Lipinski definition) is 5. The zero-order valence-corrected chi connectivity index (χ0v) is 21.3. The van der Waals surface area contributed by atoms with Gasteiger partial charge in [0.1, 0.15) is 5.82 Å². The first-order valence-corrected chi connectivity index (χ1v) is 12.3. The molecular formula is C27H34N6O3. The number of likely N-dealkylation sites (tertiary alicyclic amines) is 1. The standard InChI is InChI=1S/C27H34N6O3/c1-5-17-6-8-19(9-7-17)30-25(34)21-14-18(15-29-24(21)28)22-16-33(31-23(22)27(2,3)4)20-10-12-32(13-11-20)26(35)36/h6-9,14-16,20H,5,10-13H2,1-4H3,(H2,28,29)(H,30,34)(H,35,36). The Kier molecular flexibility index (Phi) is 7.01. The molecule has 190 valence electrons. The molecule has 3 aromatic rings. The van der Waals surface area contributed by atoms with Crippen molar-refractivity contribution in [1.82, 2.24) is 19.7 Å². The van der Waals surface area contributed by atoms with Gasteiger partial charge in [0.2, 0.25) is 0 Å². The highest BCUT2D eigenvalue weighted by Crippen LogP contribution is 2.35. The Balaban J connectivity index is 1.64. The predicted molar refractivity (Wildman–Crippen MR) is 140 cm³/mol. The zero-order chi connectivity index (χ0) is 26.0. The highest BCUT2D eigenvalue weighted by atomic mass is 16.4. The number of nitrogens with two attached hydrogens (primary N) is 1. The molecule has 0 atom stereocenters. The molecule has 1 saturated heterocycles. The summed E-state index contributed by atoms with van der Waals surface area (Å²) in [6.45, 7) is 9.32. The van der Waals surface area contributed by atoms with Crippen LogP contribution in [0.4, 0.5) is 16.3 Å². The number of hydrogen-bond donors (Lipinski definition) is 3. The van der Waals surface area contributed by atoms with Crippen molar-refractivity contribution in [3.63, 3.8) is 0 Å². The molecule has 2 amide bonds. The van der Waals surface area contributed by atoms with Crippen LogP contribution in [0.2, 0.25) is 0 Å². The van der Waals surface area contributed by atoms with E-state index in [2.05, 4.69) is 38.0 Å². The number of nitrogen functional groups attached to an aromatic ring is 1. The fourth-order valence-corrected chi connectivity index (χ4v) is 4.49. The zero-order valence-electron chi connectivity index (χ0n) is 21.3. The van der Waals surface area contributed by atoms with Gasteiger partial charge in [0.15, 0.2) is 0 Å². The van der Waals surface area contributed by atoms with E-state index in [1.54, 1.807) is 12.3 Å². The van der Waals surface area contributed by atoms with Crippen molar-refractivity contribution in [2.75, 3.05) is 24.1 Å². The Hall–Kier alpha value is -3.88. The number of aromatic nitrogens is 3. The summed E-state index contributed by atoms with van der Waals surface area (Å²) >= 11 is 0. The summed E-state index contributed by atoms with van der Waals surface area (Å²) < 4.78 is 1.94. The minimum Gasteiger partial charge on any atom is -0.465 e. The molecule has 36 heavy (non-hydrogen) atoms. The first kappa shape index (κ1) is 25.2. The fraction of sp³-hybridized carbons (Fsp3) is 0.407. The molecule has 0 saturated carbocycles. The molecule has 0 radical (unpaired) electrons. The third-order valence-corrected chi connectivity index (χ3v) is 6.65. The number of carbonyl (C=O) groups is 2. The Labute approximate surface area is 211 Å². The summed E-state index contributed by atoms with van der Waals surface area (Å²) in [7, 11) is 0. The second-order valence-corrected chi connectivity index (χ2v) is 10.3. The van der Waals surface area contributed by atoms with E-state index in [0.29, 0.717) is 37.2 Å². The van der Waals surface area contributed by atoms with Crippen molar-refractivity contribution in [1.29, 1.82) is 0 Å². The monoisotopic (exact) mass is 490 g/mol. The molecule has 1 aliphatic heterocycles. The predicted octanol–water partition coefficient (Wildman–Crippen LogP) is 4.95. The van der Waals surface area contributed by atoms with Crippen molar-refractivity contribution >= 4 is 23.5 Å². The number of carbonyl (C=O) groups excluding carboxylic acids is 1. The minimum absolute atomic E-state index is 0.103. The van der Waals surface area contributed by atoms with E-state index in [0.717, 1.165) is 23.2 Å². The molecule has 0 unspecified atom stereocenters. The number of nitrogens with zero attached hydrogens (tertiary/aromatic N) is 4. The summed E-state index contributed by atoms with van der Waals surface area (Å²) in [5.74, 6) is -0.163. The molecule has 1 aromatic carbocycles. The van der Waals surface area contributed by atoms with E-state index in [1.165, 1.54) is 10.5 Å². The van der Waals surface area contributed by atoms with E-state index in [1.807, 2.05) is 35.1 Å². The van der Waals surface area contributed by atoms with Gasteiger partial charge in [0, 0.05) is 47.7 Å². The molecule has 9 nitrogen and oxygen atoms in total. The van der Waals surface area contributed by atoms with Crippen molar-refractivity contribution in [2.45, 2.75) is 58.4 Å². The highest BCUT2D eigenvalue weighted by molar-refractivity contribution is 6.07. The molecular weight excluding hydrogens is 456 g/mol. The number of anilines is 2. The first-order valence-electron chi connectivity index (χ1n) is 12.3. The molecule has 0 aliphatic carbocycles. The van der Waals surface area contributed by atoms with Crippen LogP contribution in [-0.2, 0) is 11.8 Å². The van der Waals surface area contributed by atoms with E-state index >= 15 is 0 Å². The number of carboxylic acid groups (broad SMARTS) is 1. The van der Waals surface area contributed by atoms with Crippen molar-refractivity contribution in [3.8, 4) is 11.1 Å².